The highest BCUT2D eigenvalue weighted by Gasteiger charge is 2.43. The minimum absolute atomic E-state index is 0.0501. The van der Waals surface area contributed by atoms with E-state index >= 15 is 0 Å². The molecule has 5 rings (SSSR count). The molecule has 1 amide bonds. The third kappa shape index (κ3) is 2.78. The van der Waals surface area contributed by atoms with Gasteiger partial charge in [0.2, 0.25) is 5.91 Å². The van der Waals surface area contributed by atoms with Gasteiger partial charge in [0.15, 0.2) is 10.8 Å². The molecular formula is C20H16N4OS. The minimum atomic E-state index is 0.0501. The molecule has 2 heterocycles. The van der Waals surface area contributed by atoms with E-state index in [1.54, 1.807) is 6.20 Å². The van der Waals surface area contributed by atoms with Crippen molar-refractivity contribution >= 4 is 33.3 Å². The van der Waals surface area contributed by atoms with Crippen molar-refractivity contribution in [1.29, 1.82) is 0 Å². The van der Waals surface area contributed by atoms with Crippen molar-refractivity contribution in [3.63, 3.8) is 0 Å². The van der Waals surface area contributed by atoms with Gasteiger partial charge in [-0.05, 0) is 30.0 Å². The Bertz CT molecular complexity index is 1050. The van der Waals surface area contributed by atoms with Gasteiger partial charge >= 0.3 is 0 Å². The Labute approximate surface area is 154 Å². The zero-order valence-electron chi connectivity index (χ0n) is 13.8. The molecule has 5 nitrogen and oxygen atoms in total. The first-order valence-electron chi connectivity index (χ1n) is 8.55. The summed E-state index contributed by atoms with van der Waals surface area (Å²) in [4.78, 5) is 24.7. The number of H-pyrrole nitrogens is 1. The summed E-state index contributed by atoms with van der Waals surface area (Å²) in [7, 11) is 0. The molecule has 2 N–H and O–H groups in total. The number of nitrogens with one attached hydrogen (secondary N) is 2. The Balaban J connectivity index is 1.29. The summed E-state index contributed by atoms with van der Waals surface area (Å²) < 4.78 is 0. The summed E-state index contributed by atoms with van der Waals surface area (Å²) in [6.07, 6.45) is 2.61. The standard InChI is InChI=1S/C20H16N4OS/c25-19(14-10-13(14)12-6-2-1-3-7-12)24-17-11-21-20(26-17)18-22-15-8-4-5-9-16(15)23-18/h1-9,11,13-14H,10H2,(H,22,23)(H,24,25)/t13-,14+/m0/s1. The Morgan fingerprint density at radius 2 is 1.92 bits per heavy atom. The zero-order chi connectivity index (χ0) is 17.5. The second kappa shape index (κ2) is 6.07. The van der Waals surface area contributed by atoms with E-state index in [0.29, 0.717) is 5.92 Å². The molecule has 1 saturated carbocycles. The second-order valence-corrected chi connectivity index (χ2v) is 7.51. The molecule has 2 aromatic heterocycles. The molecule has 0 radical (unpaired) electrons. The molecule has 0 spiro atoms. The highest BCUT2D eigenvalue weighted by molar-refractivity contribution is 7.19. The van der Waals surface area contributed by atoms with Gasteiger partial charge in [-0.25, -0.2) is 9.97 Å². The van der Waals surface area contributed by atoms with E-state index in [9.17, 15) is 4.79 Å². The van der Waals surface area contributed by atoms with Gasteiger partial charge in [0, 0.05) is 5.92 Å². The van der Waals surface area contributed by atoms with Crippen LogP contribution in [0, 0.1) is 5.92 Å². The fourth-order valence-corrected chi connectivity index (χ4v) is 4.03. The van der Waals surface area contributed by atoms with Crippen LogP contribution in [0.5, 0.6) is 0 Å². The van der Waals surface area contributed by atoms with E-state index in [1.165, 1.54) is 16.9 Å². The van der Waals surface area contributed by atoms with Crippen LogP contribution in [-0.4, -0.2) is 20.9 Å². The molecule has 26 heavy (non-hydrogen) atoms. The average Bonchev–Trinajstić information content (AvgIpc) is 3.15. The maximum Gasteiger partial charge on any atom is 0.228 e. The monoisotopic (exact) mass is 360 g/mol. The van der Waals surface area contributed by atoms with E-state index in [-0.39, 0.29) is 11.8 Å². The molecule has 0 unspecified atom stereocenters. The lowest BCUT2D eigenvalue weighted by Gasteiger charge is -2.01. The van der Waals surface area contributed by atoms with Crippen molar-refractivity contribution in [2.24, 2.45) is 5.92 Å². The molecule has 0 bridgehead atoms. The predicted molar refractivity (Wildman–Crippen MR) is 103 cm³/mol. The number of aromatic nitrogens is 3. The first kappa shape index (κ1) is 15.3. The Morgan fingerprint density at radius 1 is 1.12 bits per heavy atom. The summed E-state index contributed by atoms with van der Waals surface area (Å²) >= 11 is 1.43. The molecule has 0 saturated heterocycles. The third-order valence-corrected chi connectivity index (χ3v) is 5.62. The van der Waals surface area contributed by atoms with Gasteiger partial charge in [-0.1, -0.05) is 53.8 Å². The van der Waals surface area contributed by atoms with Gasteiger partial charge in [0.05, 0.1) is 17.2 Å². The van der Waals surface area contributed by atoms with Crippen molar-refractivity contribution in [3.05, 3.63) is 66.4 Å². The van der Waals surface area contributed by atoms with Crippen LogP contribution in [0.15, 0.2) is 60.8 Å². The van der Waals surface area contributed by atoms with Crippen LogP contribution in [0.2, 0.25) is 0 Å². The van der Waals surface area contributed by atoms with Crippen molar-refractivity contribution in [1.82, 2.24) is 15.0 Å². The molecule has 0 aliphatic heterocycles. The van der Waals surface area contributed by atoms with E-state index in [1.807, 2.05) is 42.5 Å². The molecule has 1 aliphatic rings. The normalized spacial score (nSPS) is 18.8. The van der Waals surface area contributed by atoms with Crippen molar-refractivity contribution in [3.8, 4) is 10.8 Å². The SMILES string of the molecule is O=C(Nc1cnc(-c2nc3ccccc3[nH]2)s1)[C@@H]1C[C@H]1c1ccccc1. The number of para-hydroxylation sites is 2. The van der Waals surface area contributed by atoms with Crippen molar-refractivity contribution < 1.29 is 4.79 Å². The summed E-state index contributed by atoms with van der Waals surface area (Å²) in [5.41, 5.74) is 3.12. The zero-order valence-corrected chi connectivity index (χ0v) is 14.7. The average molecular weight is 360 g/mol. The number of imidazole rings is 1. The summed E-state index contributed by atoms with van der Waals surface area (Å²) in [5.74, 6) is 1.18. The fraction of sp³-hybridized carbons (Fsp3) is 0.150. The number of carbonyl (C=O) groups excluding carboxylic acids is 1. The van der Waals surface area contributed by atoms with Gasteiger partial charge < -0.3 is 10.3 Å². The van der Waals surface area contributed by atoms with Crippen LogP contribution in [0.25, 0.3) is 21.9 Å². The topological polar surface area (TPSA) is 70.7 Å². The molecule has 2 atom stereocenters. The molecule has 4 aromatic rings. The van der Waals surface area contributed by atoms with E-state index in [2.05, 4.69) is 32.4 Å². The van der Waals surface area contributed by atoms with Crippen LogP contribution in [0.1, 0.15) is 17.9 Å². The summed E-state index contributed by atoms with van der Waals surface area (Å²) in [6, 6.07) is 18.1. The molecular weight excluding hydrogens is 344 g/mol. The largest absolute Gasteiger partial charge is 0.336 e. The first-order chi connectivity index (χ1) is 12.8. The lowest BCUT2D eigenvalue weighted by atomic mass is 10.1. The molecule has 6 heteroatoms. The van der Waals surface area contributed by atoms with Crippen LogP contribution in [0.4, 0.5) is 5.00 Å². The fourth-order valence-electron chi connectivity index (χ4n) is 3.26. The number of rotatable bonds is 4. The van der Waals surface area contributed by atoms with Gasteiger partial charge in [0.25, 0.3) is 0 Å². The van der Waals surface area contributed by atoms with Gasteiger partial charge in [-0.15, -0.1) is 0 Å². The Hall–Kier alpha value is -2.99. The number of thiazole rings is 1. The minimum Gasteiger partial charge on any atom is -0.336 e. The number of nitrogens with zero attached hydrogens (tertiary/aromatic N) is 2. The number of aromatic amines is 1. The van der Waals surface area contributed by atoms with E-state index in [0.717, 1.165) is 33.3 Å². The summed E-state index contributed by atoms with van der Waals surface area (Å²) in [5, 5.41) is 4.53. The number of hydrogen-bond acceptors (Lipinski definition) is 4. The molecule has 1 fully saturated rings. The Kier molecular flexibility index (Phi) is 3.57. The number of anilines is 1. The number of carbonyl (C=O) groups is 1. The molecule has 1 aliphatic carbocycles. The van der Waals surface area contributed by atoms with Gasteiger partial charge in [-0.3, -0.25) is 4.79 Å². The lowest BCUT2D eigenvalue weighted by molar-refractivity contribution is -0.117. The molecule has 2 aromatic carbocycles. The van der Waals surface area contributed by atoms with Crippen molar-refractivity contribution in [2.75, 3.05) is 5.32 Å². The second-order valence-electron chi connectivity index (χ2n) is 6.48. The highest BCUT2D eigenvalue weighted by Crippen LogP contribution is 2.48. The first-order valence-corrected chi connectivity index (χ1v) is 9.36. The van der Waals surface area contributed by atoms with Crippen LogP contribution >= 0.6 is 11.3 Å². The summed E-state index contributed by atoms with van der Waals surface area (Å²) in [6.45, 7) is 0. The van der Waals surface area contributed by atoms with Gasteiger partial charge in [-0.2, -0.15) is 0 Å². The van der Waals surface area contributed by atoms with Crippen molar-refractivity contribution in [2.45, 2.75) is 12.3 Å². The molecule has 128 valence electrons. The van der Waals surface area contributed by atoms with Crippen LogP contribution in [0.3, 0.4) is 0 Å². The number of benzene rings is 2. The third-order valence-electron chi connectivity index (χ3n) is 4.70. The quantitative estimate of drug-likeness (QED) is 0.566. The van der Waals surface area contributed by atoms with E-state index < -0.39 is 0 Å². The lowest BCUT2D eigenvalue weighted by Crippen LogP contribution is -2.13. The van der Waals surface area contributed by atoms with Crippen LogP contribution < -0.4 is 5.32 Å². The number of fused-ring (bicyclic) bond motifs is 1. The van der Waals surface area contributed by atoms with Gasteiger partial charge in [0.1, 0.15) is 5.00 Å². The Morgan fingerprint density at radius 3 is 2.77 bits per heavy atom. The predicted octanol–water partition coefficient (Wildman–Crippen LogP) is 4.43. The van der Waals surface area contributed by atoms with Crippen LogP contribution in [-0.2, 0) is 4.79 Å². The maximum absolute atomic E-state index is 12.5. The van der Waals surface area contributed by atoms with E-state index in [4.69, 9.17) is 0 Å². The highest BCUT2D eigenvalue weighted by atomic mass is 32.1. The maximum atomic E-state index is 12.5. The number of hydrogen-bond donors (Lipinski definition) is 2. The number of amides is 1. The smallest absolute Gasteiger partial charge is 0.228 e.